The molecule has 5 heteroatoms. The van der Waals surface area contributed by atoms with E-state index < -0.39 is 5.60 Å². The van der Waals surface area contributed by atoms with E-state index in [4.69, 9.17) is 4.74 Å². The SMILES string of the molecule is O=C1OC2(CCN(c3cnc(-c4ccccc4)cn3)CC2)c2ccccc21. The van der Waals surface area contributed by atoms with Gasteiger partial charge in [0, 0.05) is 37.1 Å². The molecule has 0 radical (unpaired) electrons. The van der Waals surface area contributed by atoms with Gasteiger partial charge in [-0.05, 0) is 6.07 Å². The molecule has 1 fully saturated rings. The summed E-state index contributed by atoms with van der Waals surface area (Å²) in [5.41, 5.74) is 3.18. The van der Waals surface area contributed by atoms with Gasteiger partial charge in [0.1, 0.15) is 11.4 Å². The van der Waals surface area contributed by atoms with Gasteiger partial charge in [-0.15, -0.1) is 0 Å². The highest BCUT2D eigenvalue weighted by Crippen LogP contribution is 2.44. The van der Waals surface area contributed by atoms with Gasteiger partial charge in [-0.25, -0.2) is 9.78 Å². The van der Waals surface area contributed by atoms with Crippen LogP contribution in [0.15, 0.2) is 67.0 Å². The lowest BCUT2D eigenvalue weighted by atomic mass is 9.84. The fourth-order valence-corrected chi connectivity index (χ4v) is 4.06. The molecule has 3 aromatic rings. The quantitative estimate of drug-likeness (QED) is 0.653. The third-order valence-corrected chi connectivity index (χ3v) is 5.53. The number of rotatable bonds is 2. The lowest BCUT2D eigenvalue weighted by Gasteiger charge is -2.39. The normalized spacial score (nSPS) is 17.6. The third-order valence-electron chi connectivity index (χ3n) is 5.53. The van der Waals surface area contributed by atoms with Crippen LogP contribution in [0.25, 0.3) is 11.3 Å². The number of ether oxygens (including phenoxy) is 1. The molecule has 0 bridgehead atoms. The molecule has 27 heavy (non-hydrogen) atoms. The average molecular weight is 357 g/mol. The molecule has 0 N–H and O–H groups in total. The maximum atomic E-state index is 12.2. The molecule has 0 saturated carbocycles. The van der Waals surface area contributed by atoms with Gasteiger partial charge in [-0.3, -0.25) is 4.98 Å². The van der Waals surface area contributed by atoms with Crippen molar-refractivity contribution in [3.8, 4) is 11.3 Å². The molecule has 2 aromatic carbocycles. The first-order valence-electron chi connectivity index (χ1n) is 9.20. The van der Waals surface area contributed by atoms with Crippen LogP contribution >= 0.6 is 0 Å². The predicted molar refractivity (Wildman–Crippen MR) is 102 cm³/mol. The Morgan fingerprint density at radius 2 is 1.63 bits per heavy atom. The van der Waals surface area contributed by atoms with Gasteiger partial charge in [-0.2, -0.15) is 0 Å². The minimum Gasteiger partial charge on any atom is -0.450 e. The Balaban J connectivity index is 1.34. The van der Waals surface area contributed by atoms with Crippen LogP contribution in [0.1, 0.15) is 28.8 Å². The summed E-state index contributed by atoms with van der Waals surface area (Å²) in [4.78, 5) is 23.6. The number of anilines is 1. The first kappa shape index (κ1) is 16.0. The average Bonchev–Trinajstić information content (AvgIpc) is 3.01. The Morgan fingerprint density at radius 1 is 0.889 bits per heavy atom. The highest BCUT2D eigenvalue weighted by molar-refractivity contribution is 5.94. The molecular weight excluding hydrogens is 338 g/mol. The van der Waals surface area contributed by atoms with E-state index in [9.17, 15) is 4.79 Å². The number of nitrogens with zero attached hydrogens (tertiary/aromatic N) is 3. The number of carbonyl (C=O) groups excluding carboxylic acids is 1. The molecule has 134 valence electrons. The standard InChI is InChI=1S/C22H19N3O2/c26-21-17-8-4-5-9-18(17)22(27-21)10-12-25(13-11-22)20-15-23-19(14-24-20)16-6-2-1-3-7-16/h1-9,14-15H,10-13H2. The van der Waals surface area contributed by atoms with E-state index in [0.29, 0.717) is 5.56 Å². The van der Waals surface area contributed by atoms with Crippen LogP contribution in [0.3, 0.4) is 0 Å². The smallest absolute Gasteiger partial charge is 0.339 e. The van der Waals surface area contributed by atoms with Crippen LogP contribution in [-0.2, 0) is 10.3 Å². The molecule has 1 aromatic heterocycles. The highest BCUT2D eigenvalue weighted by atomic mass is 16.6. The van der Waals surface area contributed by atoms with E-state index in [1.807, 2.05) is 67.0 Å². The maximum Gasteiger partial charge on any atom is 0.339 e. The molecule has 0 atom stereocenters. The van der Waals surface area contributed by atoms with Gasteiger partial charge in [0.05, 0.1) is 23.7 Å². The Bertz CT molecular complexity index is 978. The molecule has 1 spiro atoms. The lowest BCUT2D eigenvalue weighted by Crippen LogP contribution is -2.43. The van der Waals surface area contributed by atoms with Crippen molar-refractivity contribution < 1.29 is 9.53 Å². The van der Waals surface area contributed by atoms with Gasteiger partial charge in [-0.1, -0.05) is 48.5 Å². The van der Waals surface area contributed by atoms with Gasteiger partial charge < -0.3 is 9.64 Å². The molecule has 2 aliphatic heterocycles. The van der Waals surface area contributed by atoms with Crippen LogP contribution in [0.2, 0.25) is 0 Å². The van der Waals surface area contributed by atoms with E-state index in [1.54, 1.807) is 0 Å². The van der Waals surface area contributed by atoms with Gasteiger partial charge >= 0.3 is 5.97 Å². The Labute approximate surface area is 157 Å². The number of esters is 1. The van der Waals surface area contributed by atoms with Crippen molar-refractivity contribution in [2.75, 3.05) is 18.0 Å². The summed E-state index contributed by atoms with van der Waals surface area (Å²) in [5, 5.41) is 0. The first-order valence-corrected chi connectivity index (χ1v) is 9.20. The summed E-state index contributed by atoms with van der Waals surface area (Å²) in [6.45, 7) is 1.56. The minimum atomic E-state index is -0.485. The second-order valence-electron chi connectivity index (χ2n) is 7.04. The molecule has 5 nitrogen and oxygen atoms in total. The van der Waals surface area contributed by atoms with Crippen LogP contribution in [0.5, 0.6) is 0 Å². The number of carbonyl (C=O) groups is 1. The van der Waals surface area contributed by atoms with Crippen molar-refractivity contribution in [2.24, 2.45) is 0 Å². The van der Waals surface area contributed by atoms with Gasteiger partial charge in [0.15, 0.2) is 0 Å². The van der Waals surface area contributed by atoms with Crippen molar-refractivity contribution in [3.05, 3.63) is 78.1 Å². The fraction of sp³-hybridized carbons (Fsp3) is 0.227. The summed E-state index contributed by atoms with van der Waals surface area (Å²) in [7, 11) is 0. The van der Waals surface area contributed by atoms with E-state index in [-0.39, 0.29) is 5.97 Å². The van der Waals surface area contributed by atoms with Crippen molar-refractivity contribution >= 4 is 11.8 Å². The summed E-state index contributed by atoms with van der Waals surface area (Å²) in [6.07, 6.45) is 5.17. The number of hydrogen-bond acceptors (Lipinski definition) is 5. The second-order valence-corrected chi connectivity index (χ2v) is 7.04. The predicted octanol–water partition coefficient (Wildman–Crippen LogP) is 3.81. The molecule has 0 amide bonds. The largest absolute Gasteiger partial charge is 0.450 e. The van der Waals surface area contributed by atoms with Crippen LogP contribution in [-0.4, -0.2) is 29.0 Å². The number of benzene rings is 2. The second kappa shape index (κ2) is 6.20. The topological polar surface area (TPSA) is 55.3 Å². The fourth-order valence-electron chi connectivity index (χ4n) is 4.06. The Hall–Kier alpha value is -3.21. The number of hydrogen-bond donors (Lipinski definition) is 0. The van der Waals surface area contributed by atoms with E-state index >= 15 is 0 Å². The third kappa shape index (κ3) is 2.67. The van der Waals surface area contributed by atoms with E-state index in [2.05, 4.69) is 14.9 Å². The van der Waals surface area contributed by atoms with Crippen molar-refractivity contribution in [1.29, 1.82) is 0 Å². The first-order chi connectivity index (χ1) is 13.3. The molecular formula is C22H19N3O2. The van der Waals surface area contributed by atoms with Crippen molar-refractivity contribution in [1.82, 2.24) is 9.97 Å². The monoisotopic (exact) mass is 357 g/mol. The van der Waals surface area contributed by atoms with E-state index in [0.717, 1.165) is 48.6 Å². The number of aromatic nitrogens is 2. The molecule has 5 rings (SSSR count). The zero-order valence-corrected chi connectivity index (χ0v) is 14.8. The molecule has 2 aliphatic rings. The maximum absolute atomic E-state index is 12.2. The summed E-state index contributed by atoms with van der Waals surface area (Å²) in [5.74, 6) is 0.660. The van der Waals surface area contributed by atoms with Crippen LogP contribution in [0.4, 0.5) is 5.82 Å². The minimum absolute atomic E-state index is 0.203. The number of piperidine rings is 1. The number of fused-ring (bicyclic) bond motifs is 2. The van der Waals surface area contributed by atoms with Crippen molar-refractivity contribution in [2.45, 2.75) is 18.4 Å². The Kier molecular flexibility index (Phi) is 3.67. The summed E-state index contributed by atoms with van der Waals surface area (Å²) in [6, 6.07) is 17.8. The lowest BCUT2D eigenvalue weighted by molar-refractivity contribution is -0.0211. The molecule has 1 saturated heterocycles. The Morgan fingerprint density at radius 3 is 2.37 bits per heavy atom. The highest BCUT2D eigenvalue weighted by Gasteiger charge is 2.47. The summed E-state index contributed by atoms with van der Waals surface area (Å²) < 4.78 is 5.82. The molecule has 0 aliphatic carbocycles. The molecule has 0 unspecified atom stereocenters. The zero-order chi connectivity index (χ0) is 18.3. The zero-order valence-electron chi connectivity index (χ0n) is 14.8. The van der Waals surface area contributed by atoms with Gasteiger partial charge in [0.2, 0.25) is 0 Å². The summed E-state index contributed by atoms with van der Waals surface area (Å²) >= 11 is 0. The van der Waals surface area contributed by atoms with Crippen LogP contribution in [0, 0.1) is 0 Å². The van der Waals surface area contributed by atoms with E-state index in [1.165, 1.54) is 0 Å². The molecule has 3 heterocycles. The van der Waals surface area contributed by atoms with Gasteiger partial charge in [0.25, 0.3) is 0 Å². The van der Waals surface area contributed by atoms with Crippen LogP contribution < -0.4 is 4.90 Å². The van der Waals surface area contributed by atoms with Crippen molar-refractivity contribution in [3.63, 3.8) is 0 Å².